The number of amides is 1. The van der Waals surface area contributed by atoms with Gasteiger partial charge >= 0.3 is 0 Å². The second-order valence-electron chi connectivity index (χ2n) is 3.89. The second kappa shape index (κ2) is 5.47. The summed E-state index contributed by atoms with van der Waals surface area (Å²) < 4.78 is 27.2. The van der Waals surface area contributed by atoms with Gasteiger partial charge in [-0.2, -0.15) is 0 Å². The van der Waals surface area contributed by atoms with Crippen LogP contribution in [0.1, 0.15) is 12.5 Å². The van der Waals surface area contributed by atoms with Gasteiger partial charge in [-0.05, 0) is 37.6 Å². The van der Waals surface area contributed by atoms with Crippen LogP contribution < -0.4 is 10.5 Å². The monoisotopic (exact) mass is 272 g/mol. The Kier molecular flexibility index (Phi) is 4.44. The number of nitrogens with one attached hydrogen (secondary N) is 1. The highest BCUT2D eigenvalue weighted by molar-refractivity contribution is 7.89. The van der Waals surface area contributed by atoms with E-state index in [2.05, 4.69) is 5.32 Å². The number of rotatable bonds is 4. The van der Waals surface area contributed by atoms with Crippen molar-refractivity contribution in [1.82, 2.24) is 0 Å². The lowest BCUT2D eigenvalue weighted by atomic mass is 10.2. The summed E-state index contributed by atoms with van der Waals surface area (Å²) in [5.74, 6) is -0.302. The molecule has 7 heteroatoms. The lowest BCUT2D eigenvalue weighted by molar-refractivity contribution is -0.124. The van der Waals surface area contributed by atoms with E-state index in [1.807, 2.05) is 0 Å². The first-order valence-corrected chi connectivity index (χ1v) is 6.77. The Balaban J connectivity index is 2.97. The highest BCUT2D eigenvalue weighted by Crippen LogP contribution is 2.19. The number of carbonyl (C=O) groups excluding carboxylic acids is 1. The van der Waals surface area contributed by atoms with Gasteiger partial charge in [0.15, 0.2) is 0 Å². The van der Waals surface area contributed by atoms with E-state index in [1.165, 1.54) is 25.3 Å². The van der Waals surface area contributed by atoms with Gasteiger partial charge in [-0.1, -0.05) is 0 Å². The molecule has 18 heavy (non-hydrogen) atoms. The molecule has 1 atom stereocenters. The van der Waals surface area contributed by atoms with Crippen LogP contribution in [0.25, 0.3) is 0 Å². The van der Waals surface area contributed by atoms with Crippen molar-refractivity contribution in [3.8, 4) is 0 Å². The van der Waals surface area contributed by atoms with E-state index in [0.29, 0.717) is 11.3 Å². The van der Waals surface area contributed by atoms with Gasteiger partial charge in [-0.25, -0.2) is 13.6 Å². The molecule has 1 aromatic carbocycles. The predicted molar refractivity (Wildman–Crippen MR) is 67.7 cm³/mol. The summed E-state index contributed by atoms with van der Waals surface area (Å²) in [7, 11) is -2.30. The summed E-state index contributed by atoms with van der Waals surface area (Å²) in [5, 5.41) is 7.65. The Morgan fingerprint density at radius 3 is 2.50 bits per heavy atom. The molecule has 0 heterocycles. The Morgan fingerprint density at radius 2 is 2.06 bits per heavy atom. The van der Waals surface area contributed by atoms with Gasteiger partial charge in [-0.3, -0.25) is 4.79 Å². The van der Waals surface area contributed by atoms with Crippen LogP contribution in [-0.4, -0.2) is 27.5 Å². The van der Waals surface area contributed by atoms with Crippen molar-refractivity contribution in [2.75, 3.05) is 12.4 Å². The summed E-state index contributed by atoms with van der Waals surface area (Å²) in [4.78, 5) is 11.6. The number of anilines is 1. The zero-order valence-corrected chi connectivity index (χ0v) is 11.2. The van der Waals surface area contributed by atoms with E-state index in [9.17, 15) is 13.2 Å². The van der Waals surface area contributed by atoms with Crippen LogP contribution in [0.5, 0.6) is 0 Å². The van der Waals surface area contributed by atoms with Crippen LogP contribution in [0.4, 0.5) is 5.69 Å². The first kappa shape index (κ1) is 14.6. The molecule has 0 aliphatic rings. The van der Waals surface area contributed by atoms with Gasteiger partial charge in [-0.15, -0.1) is 0 Å². The number of aryl methyl sites for hydroxylation is 1. The lowest BCUT2D eigenvalue weighted by Crippen LogP contribution is -2.26. The van der Waals surface area contributed by atoms with Gasteiger partial charge in [0.2, 0.25) is 10.0 Å². The number of nitrogens with two attached hydrogens (primary N) is 1. The third-order valence-electron chi connectivity index (χ3n) is 2.51. The number of benzene rings is 1. The second-order valence-corrected chi connectivity index (χ2v) is 5.45. The minimum absolute atomic E-state index is 0.0118. The standard InChI is InChI=1S/C11H16N2O4S/c1-7-6-9(18(12,15)16)4-5-10(7)13-11(14)8(2)17-3/h4-6,8H,1-3H3,(H,13,14)(H2,12,15,16). The Bertz CT molecular complexity index is 554. The van der Waals surface area contributed by atoms with Crippen LogP contribution in [-0.2, 0) is 19.6 Å². The van der Waals surface area contributed by atoms with E-state index < -0.39 is 16.1 Å². The molecule has 1 amide bonds. The Hall–Kier alpha value is -1.44. The highest BCUT2D eigenvalue weighted by atomic mass is 32.2. The average molecular weight is 272 g/mol. The number of primary sulfonamides is 1. The van der Waals surface area contributed by atoms with Crippen molar-refractivity contribution in [3.05, 3.63) is 23.8 Å². The van der Waals surface area contributed by atoms with Crippen LogP contribution in [0, 0.1) is 6.92 Å². The smallest absolute Gasteiger partial charge is 0.253 e. The normalized spacial score (nSPS) is 13.1. The summed E-state index contributed by atoms with van der Waals surface area (Å²) in [5.41, 5.74) is 1.13. The maximum atomic E-state index is 11.6. The summed E-state index contributed by atoms with van der Waals surface area (Å²) in [6.07, 6.45) is -0.581. The highest BCUT2D eigenvalue weighted by Gasteiger charge is 2.14. The zero-order valence-electron chi connectivity index (χ0n) is 10.4. The van der Waals surface area contributed by atoms with Crippen LogP contribution in [0.3, 0.4) is 0 Å². The third-order valence-corrected chi connectivity index (χ3v) is 3.42. The molecule has 0 saturated heterocycles. The molecule has 1 unspecified atom stereocenters. The number of carbonyl (C=O) groups is 1. The topological polar surface area (TPSA) is 98.5 Å². The molecule has 0 aliphatic heterocycles. The fraction of sp³-hybridized carbons (Fsp3) is 0.364. The molecule has 1 rings (SSSR count). The van der Waals surface area contributed by atoms with Crippen LogP contribution in [0.2, 0.25) is 0 Å². The van der Waals surface area contributed by atoms with Gasteiger partial charge in [0.25, 0.3) is 5.91 Å². The molecule has 0 bridgehead atoms. The van der Waals surface area contributed by atoms with E-state index in [-0.39, 0.29) is 10.8 Å². The SMILES string of the molecule is COC(C)C(=O)Nc1ccc(S(N)(=O)=O)cc1C. The Morgan fingerprint density at radius 1 is 1.44 bits per heavy atom. The predicted octanol–water partition coefficient (Wildman–Crippen LogP) is 0.616. The van der Waals surface area contributed by atoms with Crippen LogP contribution >= 0.6 is 0 Å². The fourth-order valence-corrected chi connectivity index (χ4v) is 1.89. The number of ether oxygens (including phenoxy) is 1. The van der Waals surface area contributed by atoms with Crippen molar-refractivity contribution in [2.45, 2.75) is 24.8 Å². The van der Waals surface area contributed by atoms with Gasteiger partial charge in [0.1, 0.15) is 6.10 Å². The van der Waals surface area contributed by atoms with Crippen molar-refractivity contribution in [3.63, 3.8) is 0 Å². The molecule has 3 N–H and O–H groups in total. The Labute approximate surface area is 106 Å². The molecule has 0 aliphatic carbocycles. The molecule has 0 spiro atoms. The first-order valence-electron chi connectivity index (χ1n) is 5.23. The molecule has 6 nitrogen and oxygen atoms in total. The van der Waals surface area contributed by atoms with Crippen LogP contribution in [0.15, 0.2) is 23.1 Å². The van der Waals surface area contributed by atoms with Crippen molar-refractivity contribution in [2.24, 2.45) is 5.14 Å². The van der Waals surface area contributed by atoms with E-state index in [4.69, 9.17) is 9.88 Å². The van der Waals surface area contributed by atoms with Crippen molar-refractivity contribution >= 4 is 21.6 Å². The summed E-state index contributed by atoms with van der Waals surface area (Å²) in [6.45, 7) is 3.30. The maximum absolute atomic E-state index is 11.6. The minimum atomic E-state index is -3.73. The minimum Gasteiger partial charge on any atom is -0.372 e. The zero-order chi connectivity index (χ0) is 13.9. The molecular weight excluding hydrogens is 256 g/mol. The molecule has 0 fully saturated rings. The summed E-state index contributed by atoms with van der Waals surface area (Å²) >= 11 is 0. The van der Waals surface area contributed by atoms with E-state index in [0.717, 1.165) is 0 Å². The fourth-order valence-electron chi connectivity index (χ4n) is 1.29. The van der Waals surface area contributed by atoms with Gasteiger partial charge in [0.05, 0.1) is 4.90 Å². The van der Waals surface area contributed by atoms with Gasteiger partial charge in [0, 0.05) is 12.8 Å². The maximum Gasteiger partial charge on any atom is 0.253 e. The molecule has 0 aromatic heterocycles. The third kappa shape index (κ3) is 3.52. The number of sulfonamides is 1. The molecule has 0 saturated carbocycles. The molecule has 100 valence electrons. The lowest BCUT2D eigenvalue weighted by Gasteiger charge is -2.12. The number of hydrogen-bond donors (Lipinski definition) is 2. The first-order chi connectivity index (χ1) is 8.25. The van der Waals surface area contributed by atoms with Crippen molar-refractivity contribution in [1.29, 1.82) is 0 Å². The van der Waals surface area contributed by atoms with E-state index >= 15 is 0 Å². The molecule has 1 aromatic rings. The summed E-state index contributed by atoms with van der Waals surface area (Å²) in [6, 6.07) is 4.24. The largest absolute Gasteiger partial charge is 0.372 e. The van der Waals surface area contributed by atoms with E-state index in [1.54, 1.807) is 13.8 Å². The molecular formula is C11H16N2O4S. The number of hydrogen-bond acceptors (Lipinski definition) is 4. The van der Waals surface area contributed by atoms with Gasteiger partial charge < -0.3 is 10.1 Å². The quantitative estimate of drug-likeness (QED) is 0.839. The average Bonchev–Trinajstić information content (AvgIpc) is 2.29. The number of methoxy groups -OCH3 is 1. The molecule has 0 radical (unpaired) electrons. The van der Waals surface area contributed by atoms with Crippen molar-refractivity contribution < 1.29 is 17.9 Å².